The fraction of sp³-hybridized carbons (Fsp3) is 0.316. The molecular formula is C19H20ClNO3. The van der Waals surface area contributed by atoms with E-state index in [0.29, 0.717) is 16.3 Å². The number of para-hydroxylation sites is 1. The fourth-order valence-electron chi connectivity index (χ4n) is 2.97. The monoisotopic (exact) mass is 345 g/mol. The van der Waals surface area contributed by atoms with E-state index >= 15 is 0 Å². The number of nitrogens with one attached hydrogen (secondary N) is 1. The van der Waals surface area contributed by atoms with Crippen LogP contribution in [0, 0.1) is 0 Å². The largest absolute Gasteiger partial charge is 0.496 e. The summed E-state index contributed by atoms with van der Waals surface area (Å²) in [5, 5.41) is 13.9. The van der Waals surface area contributed by atoms with E-state index in [0.717, 1.165) is 18.4 Å². The van der Waals surface area contributed by atoms with Crippen molar-refractivity contribution in [3.8, 4) is 5.75 Å². The molecular weight excluding hydrogens is 326 g/mol. The van der Waals surface area contributed by atoms with Crippen molar-refractivity contribution in [3.05, 3.63) is 64.7 Å². The summed E-state index contributed by atoms with van der Waals surface area (Å²) in [6, 6.07) is 14.7. The molecule has 0 heterocycles. The molecule has 3 rings (SSSR count). The van der Waals surface area contributed by atoms with Gasteiger partial charge in [0.1, 0.15) is 5.75 Å². The average Bonchev–Trinajstić information content (AvgIpc) is 3.41. The quantitative estimate of drug-likeness (QED) is 0.845. The van der Waals surface area contributed by atoms with Gasteiger partial charge in [0.05, 0.1) is 18.6 Å². The van der Waals surface area contributed by atoms with E-state index in [4.69, 9.17) is 16.3 Å². The molecule has 0 radical (unpaired) electrons. The van der Waals surface area contributed by atoms with Gasteiger partial charge in [0.25, 0.3) is 0 Å². The number of aliphatic hydroxyl groups is 1. The van der Waals surface area contributed by atoms with Crippen LogP contribution < -0.4 is 10.1 Å². The summed E-state index contributed by atoms with van der Waals surface area (Å²) in [4.78, 5) is 12.6. The SMILES string of the molecule is COc1ccccc1C(O)CNC(=O)C1(c2cccc(Cl)c2)CC1. The Kier molecular flexibility index (Phi) is 4.78. The lowest BCUT2D eigenvalue weighted by atomic mass is 9.95. The number of halogens is 1. The summed E-state index contributed by atoms with van der Waals surface area (Å²) in [5.41, 5.74) is 1.08. The van der Waals surface area contributed by atoms with Crippen LogP contribution in [-0.2, 0) is 10.2 Å². The third-order valence-corrected chi connectivity index (χ3v) is 4.75. The maximum atomic E-state index is 12.6. The van der Waals surface area contributed by atoms with Gasteiger partial charge in [-0.1, -0.05) is 41.9 Å². The molecule has 1 saturated carbocycles. The molecule has 1 aliphatic rings. The first-order valence-electron chi connectivity index (χ1n) is 7.92. The zero-order valence-electron chi connectivity index (χ0n) is 13.5. The van der Waals surface area contributed by atoms with Crippen molar-refractivity contribution in [3.63, 3.8) is 0 Å². The summed E-state index contributed by atoms with van der Waals surface area (Å²) in [6.07, 6.45) is 0.772. The van der Waals surface area contributed by atoms with E-state index in [9.17, 15) is 9.90 Å². The highest BCUT2D eigenvalue weighted by Crippen LogP contribution is 2.48. The van der Waals surface area contributed by atoms with Crippen LogP contribution in [-0.4, -0.2) is 24.7 Å². The van der Waals surface area contributed by atoms with Gasteiger partial charge in [0.2, 0.25) is 5.91 Å². The van der Waals surface area contributed by atoms with Gasteiger partial charge in [-0.05, 0) is 36.6 Å². The Balaban J connectivity index is 1.67. The Morgan fingerprint density at radius 1 is 1.29 bits per heavy atom. The van der Waals surface area contributed by atoms with Gasteiger partial charge >= 0.3 is 0 Å². The maximum absolute atomic E-state index is 12.6. The second-order valence-electron chi connectivity index (χ2n) is 6.06. The van der Waals surface area contributed by atoms with Gasteiger partial charge < -0.3 is 15.2 Å². The van der Waals surface area contributed by atoms with Crippen molar-refractivity contribution in [1.82, 2.24) is 5.32 Å². The smallest absolute Gasteiger partial charge is 0.230 e. The number of ether oxygens (including phenoxy) is 1. The van der Waals surface area contributed by atoms with Crippen LogP contribution in [0.5, 0.6) is 5.75 Å². The third-order valence-electron chi connectivity index (χ3n) is 4.52. The molecule has 5 heteroatoms. The summed E-state index contributed by atoms with van der Waals surface area (Å²) < 4.78 is 5.25. The molecule has 0 aliphatic heterocycles. The first-order valence-corrected chi connectivity index (χ1v) is 8.30. The van der Waals surface area contributed by atoms with Gasteiger partial charge in [0, 0.05) is 17.1 Å². The molecule has 2 aromatic rings. The number of carbonyl (C=O) groups excluding carboxylic acids is 1. The van der Waals surface area contributed by atoms with E-state index in [1.807, 2.05) is 30.3 Å². The lowest BCUT2D eigenvalue weighted by Crippen LogP contribution is -2.37. The molecule has 1 aliphatic carbocycles. The number of rotatable bonds is 6. The Bertz CT molecular complexity index is 743. The summed E-state index contributed by atoms with van der Waals surface area (Å²) in [6.45, 7) is 0.140. The molecule has 1 amide bonds. The minimum absolute atomic E-state index is 0.0706. The number of aliphatic hydroxyl groups excluding tert-OH is 1. The van der Waals surface area contributed by atoms with Gasteiger partial charge in [-0.3, -0.25) is 4.79 Å². The molecule has 1 fully saturated rings. The van der Waals surface area contributed by atoms with E-state index in [2.05, 4.69) is 5.32 Å². The molecule has 4 nitrogen and oxygen atoms in total. The minimum Gasteiger partial charge on any atom is -0.496 e. The maximum Gasteiger partial charge on any atom is 0.230 e. The van der Waals surface area contributed by atoms with Gasteiger partial charge in [-0.2, -0.15) is 0 Å². The number of methoxy groups -OCH3 is 1. The van der Waals surface area contributed by atoms with Crippen LogP contribution in [0.3, 0.4) is 0 Å². The highest BCUT2D eigenvalue weighted by atomic mass is 35.5. The second kappa shape index (κ2) is 6.83. The fourth-order valence-corrected chi connectivity index (χ4v) is 3.16. The molecule has 0 aromatic heterocycles. The van der Waals surface area contributed by atoms with E-state index < -0.39 is 11.5 Å². The van der Waals surface area contributed by atoms with E-state index in [-0.39, 0.29) is 12.5 Å². The van der Waals surface area contributed by atoms with E-state index in [1.165, 1.54) is 0 Å². The number of hydrogen-bond acceptors (Lipinski definition) is 3. The van der Waals surface area contributed by atoms with Gasteiger partial charge in [-0.15, -0.1) is 0 Å². The number of benzene rings is 2. The first-order chi connectivity index (χ1) is 11.6. The molecule has 24 heavy (non-hydrogen) atoms. The molecule has 1 unspecified atom stereocenters. The van der Waals surface area contributed by atoms with E-state index in [1.54, 1.807) is 25.3 Å². The standard InChI is InChI=1S/C19H20ClNO3/c1-24-17-8-3-2-7-15(17)16(22)12-21-18(23)19(9-10-19)13-5-4-6-14(20)11-13/h2-8,11,16,22H,9-10,12H2,1H3,(H,21,23). The number of carbonyl (C=O) groups is 1. The van der Waals surface area contributed by atoms with Crippen LogP contribution >= 0.6 is 11.6 Å². The van der Waals surface area contributed by atoms with Crippen molar-refractivity contribution < 1.29 is 14.6 Å². The molecule has 126 valence electrons. The van der Waals surface area contributed by atoms with Crippen LogP contribution in [0.15, 0.2) is 48.5 Å². The third kappa shape index (κ3) is 3.25. The molecule has 1 atom stereocenters. The van der Waals surface area contributed by atoms with Crippen LogP contribution in [0.25, 0.3) is 0 Å². The predicted molar refractivity (Wildman–Crippen MR) is 93.3 cm³/mol. The topological polar surface area (TPSA) is 58.6 Å². The van der Waals surface area contributed by atoms with Crippen molar-refractivity contribution >= 4 is 17.5 Å². The van der Waals surface area contributed by atoms with Crippen molar-refractivity contribution in [1.29, 1.82) is 0 Å². The predicted octanol–water partition coefficient (Wildman–Crippen LogP) is 3.23. The van der Waals surface area contributed by atoms with Crippen molar-refractivity contribution in [2.75, 3.05) is 13.7 Å². The molecule has 0 bridgehead atoms. The summed E-state index contributed by atoms with van der Waals surface area (Å²) in [7, 11) is 1.56. The summed E-state index contributed by atoms with van der Waals surface area (Å²) >= 11 is 6.04. The van der Waals surface area contributed by atoms with Crippen molar-refractivity contribution in [2.24, 2.45) is 0 Å². The van der Waals surface area contributed by atoms with Gasteiger partial charge in [-0.25, -0.2) is 0 Å². The van der Waals surface area contributed by atoms with Gasteiger partial charge in [0.15, 0.2) is 0 Å². The Hall–Kier alpha value is -2.04. The van der Waals surface area contributed by atoms with Crippen LogP contribution in [0.4, 0.5) is 0 Å². The molecule has 2 N–H and O–H groups in total. The Morgan fingerprint density at radius 2 is 2.04 bits per heavy atom. The Morgan fingerprint density at radius 3 is 2.71 bits per heavy atom. The zero-order valence-corrected chi connectivity index (χ0v) is 14.2. The lowest BCUT2D eigenvalue weighted by Gasteiger charge is -2.19. The minimum atomic E-state index is -0.819. The van der Waals surface area contributed by atoms with Crippen molar-refractivity contribution in [2.45, 2.75) is 24.4 Å². The first kappa shape index (κ1) is 16.8. The normalized spacial score (nSPS) is 16.3. The highest BCUT2D eigenvalue weighted by Gasteiger charge is 2.51. The number of amides is 1. The molecule has 0 saturated heterocycles. The second-order valence-corrected chi connectivity index (χ2v) is 6.50. The Labute approximate surface area is 146 Å². The zero-order chi connectivity index (χ0) is 17.2. The molecule has 2 aromatic carbocycles. The summed E-state index contributed by atoms with van der Waals surface area (Å²) in [5.74, 6) is 0.536. The highest BCUT2D eigenvalue weighted by molar-refractivity contribution is 6.30. The van der Waals surface area contributed by atoms with Crippen LogP contribution in [0.2, 0.25) is 5.02 Å². The average molecular weight is 346 g/mol. The lowest BCUT2D eigenvalue weighted by molar-refractivity contribution is -0.124. The van der Waals surface area contributed by atoms with Crippen LogP contribution in [0.1, 0.15) is 30.1 Å². The number of hydrogen-bond donors (Lipinski definition) is 2. The molecule has 0 spiro atoms.